The Balaban J connectivity index is 1.81. The summed E-state index contributed by atoms with van der Waals surface area (Å²) in [4.78, 5) is 17.6. The topological polar surface area (TPSA) is 73.9 Å². The third-order valence-corrected chi connectivity index (χ3v) is 4.29. The fraction of sp³-hybridized carbons (Fsp3) is 0.167. The van der Waals surface area contributed by atoms with Gasteiger partial charge in [-0.1, -0.05) is 12.1 Å². The first kappa shape index (κ1) is 17.1. The lowest BCUT2D eigenvalue weighted by Gasteiger charge is -2.38. The average molecular weight is 373 g/mol. The van der Waals surface area contributed by atoms with Crippen LogP contribution in [0.3, 0.4) is 0 Å². The van der Waals surface area contributed by atoms with Crippen LogP contribution in [0.1, 0.15) is 22.1 Å². The van der Waals surface area contributed by atoms with Crippen LogP contribution in [0.15, 0.2) is 55.0 Å². The van der Waals surface area contributed by atoms with E-state index in [9.17, 15) is 18.0 Å². The van der Waals surface area contributed by atoms with Crippen molar-refractivity contribution >= 4 is 11.6 Å². The summed E-state index contributed by atoms with van der Waals surface area (Å²) in [6.07, 6.45) is -0.981. The van der Waals surface area contributed by atoms with Crippen molar-refractivity contribution in [3.8, 4) is 11.3 Å². The fourth-order valence-electron chi connectivity index (χ4n) is 3.14. The van der Waals surface area contributed by atoms with Gasteiger partial charge in [-0.15, -0.1) is 0 Å². The molecule has 1 atom stereocenters. The number of para-hydroxylation sites is 1. The number of anilines is 1. The second kappa shape index (κ2) is 6.42. The van der Waals surface area contributed by atoms with Gasteiger partial charge >= 0.3 is 6.18 Å². The number of benzene rings is 1. The number of aromatic amines is 1. The van der Waals surface area contributed by atoms with Crippen LogP contribution in [-0.4, -0.2) is 38.7 Å². The minimum Gasteiger partial charge on any atom is -0.361 e. The van der Waals surface area contributed by atoms with Crippen molar-refractivity contribution in [1.29, 1.82) is 0 Å². The van der Waals surface area contributed by atoms with Crippen LogP contribution < -0.4 is 5.32 Å². The van der Waals surface area contributed by atoms with Gasteiger partial charge in [0.2, 0.25) is 0 Å². The molecule has 0 bridgehead atoms. The Kier molecular flexibility index (Phi) is 4.06. The summed E-state index contributed by atoms with van der Waals surface area (Å²) in [5.41, 5.74) is 2.26. The van der Waals surface area contributed by atoms with Gasteiger partial charge in [-0.25, -0.2) is 0 Å². The number of hydrogen-bond acceptors (Lipinski definition) is 4. The van der Waals surface area contributed by atoms with Crippen molar-refractivity contribution in [2.75, 3.05) is 11.9 Å². The molecule has 0 aliphatic carbocycles. The Bertz CT molecular complexity index is 970. The van der Waals surface area contributed by atoms with Crippen molar-refractivity contribution in [2.45, 2.75) is 12.3 Å². The molecule has 1 aliphatic heterocycles. The Morgan fingerprint density at radius 2 is 1.93 bits per heavy atom. The van der Waals surface area contributed by atoms with Gasteiger partial charge in [-0.3, -0.25) is 14.9 Å². The minimum atomic E-state index is -4.54. The van der Waals surface area contributed by atoms with E-state index in [2.05, 4.69) is 20.5 Å². The molecule has 0 saturated carbocycles. The van der Waals surface area contributed by atoms with E-state index in [1.807, 2.05) is 0 Å². The van der Waals surface area contributed by atoms with Crippen molar-refractivity contribution in [3.05, 3.63) is 66.1 Å². The van der Waals surface area contributed by atoms with Crippen LogP contribution in [0.25, 0.3) is 11.3 Å². The molecule has 1 amide bonds. The molecule has 2 N–H and O–H groups in total. The minimum absolute atomic E-state index is 0.199. The van der Waals surface area contributed by atoms with Gasteiger partial charge in [0.25, 0.3) is 5.91 Å². The number of alkyl halides is 3. The third-order valence-electron chi connectivity index (χ3n) is 4.29. The van der Waals surface area contributed by atoms with Crippen LogP contribution >= 0.6 is 0 Å². The molecule has 1 aliphatic rings. The average Bonchev–Trinajstić information content (AvgIpc) is 3.13. The summed E-state index contributed by atoms with van der Waals surface area (Å²) < 4.78 is 39.5. The molecule has 0 fully saturated rings. The first-order valence-electron chi connectivity index (χ1n) is 8.11. The first-order valence-corrected chi connectivity index (χ1v) is 8.11. The van der Waals surface area contributed by atoms with Crippen LogP contribution in [0, 0.1) is 0 Å². The maximum atomic E-state index is 13.2. The zero-order valence-electron chi connectivity index (χ0n) is 13.9. The lowest BCUT2D eigenvalue weighted by Crippen LogP contribution is -2.47. The van der Waals surface area contributed by atoms with Crippen LogP contribution in [0.5, 0.6) is 0 Å². The molecule has 2 aromatic heterocycles. The van der Waals surface area contributed by atoms with E-state index in [0.29, 0.717) is 22.5 Å². The number of fused-ring (bicyclic) bond motifs is 1. The Morgan fingerprint density at radius 1 is 1.11 bits per heavy atom. The predicted molar refractivity (Wildman–Crippen MR) is 91.7 cm³/mol. The summed E-state index contributed by atoms with van der Waals surface area (Å²) in [5.74, 6) is -0.690. The number of rotatable bonds is 3. The highest BCUT2D eigenvalue weighted by Gasteiger charge is 2.41. The second-order valence-corrected chi connectivity index (χ2v) is 6.08. The monoisotopic (exact) mass is 373 g/mol. The van der Waals surface area contributed by atoms with Gasteiger partial charge in [0, 0.05) is 29.2 Å². The van der Waals surface area contributed by atoms with Crippen molar-refractivity contribution in [2.24, 2.45) is 0 Å². The van der Waals surface area contributed by atoms with Gasteiger partial charge in [0.05, 0.1) is 17.5 Å². The first-order chi connectivity index (χ1) is 12.9. The van der Waals surface area contributed by atoms with Crippen LogP contribution in [-0.2, 0) is 0 Å². The summed E-state index contributed by atoms with van der Waals surface area (Å²) in [6.45, 7) is -1.38. The molecule has 138 valence electrons. The number of H-pyrrole nitrogens is 1. The van der Waals surface area contributed by atoms with Crippen LogP contribution in [0.4, 0.5) is 18.9 Å². The number of nitrogens with zero attached hydrogens (tertiary/aromatic N) is 3. The van der Waals surface area contributed by atoms with Gasteiger partial charge in [0.1, 0.15) is 12.7 Å². The number of halogens is 3. The molecule has 6 nitrogen and oxygen atoms in total. The Labute approximate surface area is 152 Å². The van der Waals surface area contributed by atoms with E-state index in [1.54, 1.807) is 42.7 Å². The molecule has 4 rings (SSSR count). The molecule has 1 aromatic carbocycles. The van der Waals surface area contributed by atoms with Gasteiger partial charge in [0.15, 0.2) is 0 Å². The van der Waals surface area contributed by atoms with Crippen molar-refractivity contribution < 1.29 is 18.0 Å². The zero-order valence-corrected chi connectivity index (χ0v) is 13.9. The van der Waals surface area contributed by atoms with E-state index < -0.39 is 24.8 Å². The summed E-state index contributed by atoms with van der Waals surface area (Å²) in [5, 5.41) is 9.80. The van der Waals surface area contributed by atoms with Crippen LogP contribution in [0.2, 0.25) is 0 Å². The highest BCUT2D eigenvalue weighted by molar-refractivity contribution is 6.01. The lowest BCUT2D eigenvalue weighted by atomic mass is 10.0. The SMILES string of the molecule is O=C1c2ccccc2NC(c2cn[nH]c2-c2cccnc2)N1CC(F)(F)F. The molecule has 3 aromatic rings. The van der Waals surface area contributed by atoms with Gasteiger partial charge < -0.3 is 10.2 Å². The van der Waals surface area contributed by atoms with E-state index in [1.165, 1.54) is 12.3 Å². The van der Waals surface area contributed by atoms with E-state index in [4.69, 9.17) is 0 Å². The highest BCUT2D eigenvalue weighted by atomic mass is 19.4. The normalized spacial score (nSPS) is 16.8. The zero-order chi connectivity index (χ0) is 19.0. The number of pyridine rings is 1. The highest BCUT2D eigenvalue weighted by Crippen LogP contribution is 2.37. The molecule has 27 heavy (non-hydrogen) atoms. The fourth-order valence-corrected chi connectivity index (χ4v) is 3.14. The summed E-state index contributed by atoms with van der Waals surface area (Å²) in [7, 11) is 0. The largest absolute Gasteiger partial charge is 0.406 e. The van der Waals surface area contributed by atoms with E-state index >= 15 is 0 Å². The number of amides is 1. The van der Waals surface area contributed by atoms with Gasteiger partial charge in [-0.2, -0.15) is 18.3 Å². The maximum Gasteiger partial charge on any atom is 0.406 e. The number of carbonyl (C=O) groups excluding carboxylic acids is 1. The smallest absolute Gasteiger partial charge is 0.361 e. The lowest BCUT2D eigenvalue weighted by molar-refractivity contribution is -0.144. The quantitative estimate of drug-likeness (QED) is 0.736. The number of nitrogens with one attached hydrogen (secondary N) is 2. The maximum absolute atomic E-state index is 13.2. The summed E-state index contributed by atoms with van der Waals surface area (Å²) >= 11 is 0. The number of carbonyl (C=O) groups is 1. The van der Waals surface area contributed by atoms with Gasteiger partial charge in [-0.05, 0) is 24.3 Å². The molecular weight excluding hydrogens is 359 g/mol. The molecule has 1 unspecified atom stereocenters. The van der Waals surface area contributed by atoms with E-state index in [0.717, 1.165) is 4.90 Å². The number of hydrogen-bond donors (Lipinski definition) is 2. The molecule has 3 heterocycles. The Morgan fingerprint density at radius 3 is 2.67 bits per heavy atom. The standard InChI is InChI=1S/C18H14F3N5O/c19-18(20,21)10-26-16(24-14-6-2-1-5-12(14)17(26)27)13-9-23-25-15(13)11-4-3-7-22-8-11/h1-9,16,24H,10H2,(H,23,25). The van der Waals surface area contributed by atoms with Crippen molar-refractivity contribution in [3.63, 3.8) is 0 Å². The molecule has 9 heteroatoms. The second-order valence-electron chi connectivity index (χ2n) is 6.08. The number of aromatic nitrogens is 3. The molecular formula is C18H14F3N5O. The molecule has 0 radical (unpaired) electrons. The predicted octanol–water partition coefficient (Wildman–Crippen LogP) is 3.60. The van der Waals surface area contributed by atoms with Crippen molar-refractivity contribution in [1.82, 2.24) is 20.1 Å². The molecule has 0 saturated heterocycles. The molecule has 0 spiro atoms. The van der Waals surface area contributed by atoms with E-state index in [-0.39, 0.29) is 5.56 Å². The Hall–Kier alpha value is -3.36. The summed E-state index contributed by atoms with van der Waals surface area (Å²) in [6, 6.07) is 9.96. The third kappa shape index (κ3) is 3.23.